The molecule has 0 aromatic heterocycles. The molecule has 1 heterocycles. The molecule has 0 bridgehead atoms. The summed E-state index contributed by atoms with van der Waals surface area (Å²) in [5.41, 5.74) is 0. The van der Waals surface area contributed by atoms with Crippen LogP contribution in [0, 0.1) is 5.92 Å². The molecule has 1 aliphatic heterocycles. The van der Waals surface area contributed by atoms with Crippen molar-refractivity contribution < 1.29 is 19.4 Å². The molecule has 0 aromatic carbocycles. The molecular weight excluding hydrogens is 184 g/mol. The summed E-state index contributed by atoms with van der Waals surface area (Å²) >= 11 is 0. The number of hydrogen-bond donors (Lipinski definition) is 1. The predicted octanol–water partition coefficient (Wildman–Crippen LogP) is 1.29. The van der Waals surface area contributed by atoms with Crippen LogP contribution in [0.15, 0.2) is 0 Å². The topological polar surface area (TPSA) is 55.8 Å². The van der Waals surface area contributed by atoms with E-state index in [2.05, 4.69) is 0 Å². The molecule has 0 aromatic rings. The zero-order valence-corrected chi connectivity index (χ0v) is 8.73. The summed E-state index contributed by atoms with van der Waals surface area (Å²) in [4.78, 5) is 10.9. The van der Waals surface area contributed by atoms with Crippen molar-refractivity contribution >= 4 is 5.97 Å². The summed E-state index contributed by atoms with van der Waals surface area (Å²) in [6.07, 6.45) is 0.970. The van der Waals surface area contributed by atoms with Gasteiger partial charge in [-0.3, -0.25) is 0 Å². The van der Waals surface area contributed by atoms with E-state index in [-0.39, 0.29) is 12.0 Å². The minimum atomic E-state index is -0.869. The van der Waals surface area contributed by atoms with E-state index in [0.717, 1.165) is 12.8 Å². The summed E-state index contributed by atoms with van der Waals surface area (Å²) in [5, 5.41) is 8.92. The van der Waals surface area contributed by atoms with E-state index in [1.54, 1.807) is 0 Å². The highest BCUT2D eigenvalue weighted by Crippen LogP contribution is 2.16. The second kappa shape index (κ2) is 5.32. The molecular formula is C10H18O4. The lowest BCUT2D eigenvalue weighted by molar-refractivity contribution is -0.162. The third kappa shape index (κ3) is 3.27. The van der Waals surface area contributed by atoms with Crippen LogP contribution in [-0.2, 0) is 14.3 Å². The molecule has 0 aliphatic carbocycles. The van der Waals surface area contributed by atoms with Gasteiger partial charge in [-0.15, -0.1) is 0 Å². The minimum Gasteiger partial charge on any atom is -0.479 e. The molecule has 1 unspecified atom stereocenters. The monoisotopic (exact) mass is 202 g/mol. The quantitative estimate of drug-likeness (QED) is 0.746. The molecule has 1 fully saturated rings. The average molecular weight is 202 g/mol. The molecule has 1 aliphatic rings. The van der Waals surface area contributed by atoms with Gasteiger partial charge in [0.1, 0.15) is 0 Å². The number of aliphatic carboxylic acids is 1. The summed E-state index contributed by atoms with van der Waals surface area (Å²) in [6, 6.07) is 0. The third-order valence-corrected chi connectivity index (χ3v) is 2.36. The number of ether oxygens (including phenoxy) is 2. The third-order valence-electron chi connectivity index (χ3n) is 2.36. The van der Waals surface area contributed by atoms with Crippen molar-refractivity contribution in [2.75, 3.05) is 13.2 Å². The van der Waals surface area contributed by atoms with Crippen molar-refractivity contribution in [3.05, 3.63) is 0 Å². The molecule has 4 heteroatoms. The second-order valence-corrected chi connectivity index (χ2v) is 3.95. The van der Waals surface area contributed by atoms with Crippen LogP contribution in [-0.4, -0.2) is 36.5 Å². The van der Waals surface area contributed by atoms with Crippen molar-refractivity contribution in [3.63, 3.8) is 0 Å². The summed E-state index contributed by atoms with van der Waals surface area (Å²) in [7, 11) is 0. The second-order valence-electron chi connectivity index (χ2n) is 3.95. The molecule has 0 amide bonds. The van der Waals surface area contributed by atoms with Crippen LogP contribution >= 0.6 is 0 Å². The molecule has 1 atom stereocenters. The highest BCUT2D eigenvalue weighted by Gasteiger charge is 2.27. The van der Waals surface area contributed by atoms with Crippen LogP contribution in [0.3, 0.4) is 0 Å². The predicted molar refractivity (Wildman–Crippen MR) is 51.2 cm³/mol. The molecule has 82 valence electrons. The van der Waals surface area contributed by atoms with Crippen molar-refractivity contribution in [2.24, 2.45) is 5.92 Å². The highest BCUT2D eigenvalue weighted by atomic mass is 16.5. The fourth-order valence-electron chi connectivity index (χ4n) is 1.52. The van der Waals surface area contributed by atoms with Gasteiger partial charge in [-0.05, 0) is 18.8 Å². The van der Waals surface area contributed by atoms with E-state index in [0.29, 0.717) is 13.2 Å². The Labute approximate surface area is 84.2 Å². The number of carbonyl (C=O) groups is 1. The SMILES string of the molecule is CC(C)C(OC1CCOCC1)C(=O)O. The van der Waals surface area contributed by atoms with Crippen LogP contribution in [0.1, 0.15) is 26.7 Å². The number of carboxylic acid groups (broad SMARTS) is 1. The maximum absolute atomic E-state index is 10.9. The Bertz CT molecular complexity index is 185. The van der Waals surface area contributed by atoms with E-state index >= 15 is 0 Å². The Morgan fingerprint density at radius 1 is 1.43 bits per heavy atom. The summed E-state index contributed by atoms with van der Waals surface area (Å²) < 4.78 is 10.7. The van der Waals surface area contributed by atoms with Gasteiger partial charge in [0, 0.05) is 13.2 Å². The number of rotatable bonds is 4. The van der Waals surface area contributed by atoms with Crippen LogP contribution in [0.2, 0.25) is 0 Å². The molecule has 1 rings (SSSR count). The Kier molecular flexibility index (Phi) is 4.35. The van der Waals surface area contributed by atoms with Gasteiger partial charge in [0.05, 0.1) is 6.10 Å². The first-order valence-electron chi connectivity index (χ1n) is 5.07. The summed E-state index contributed by atoms with van der Waals surface area (Å²) in [5.74, 6) is -0.859. The Morgan fingerprint density at radius 3 is 2.43 bits per heavy atom. The van der Waals surface area contributed by atoms with Crippen molar-refractivity contribution in [1.29, 1.82) is 0 Å². The maximum atomic E-state index is 10.9. The van der Waals surface area contributed by atoms with Gasteiger partial charge in [-0.2, -0.15) is 0 Å². The first-order chi connectivity index (χ1) is 6.61. The van der Waals surface area contributed by atoms with Gasteiger partial charge in [0.15, 0.2) is 6.10 Å². The van der Waals surface area contributed by atoms with E-state index in [1.807, 2.05) is 13.8 Å². The molecule has 0 saturated carbocycles. The summed E-state index contributed by atoms with van der Waals surface area (Å²) in [6.45, 7) is 5.07. The lowest BCUT2D eigenvalue weighted by Gasteiger charge is -2.27. The fourth-order valence-corrected chi connectivity index (χ4v) is 1.52. The largest absolute Gasteiger partial charge is 0.479 e. The van der Waals surface area contributed by atoms with Gasteiger partial charge in [0.25, 0.3) is 0 Å². The zero-order valence-electron chi connectivity index (χ0n) is 8.73. The molecule has 1 saturated heterocycles. The highest BCUT2D eigenvalue weighted by molar-refractivity contribution is 5.72. The molecule has 0 radical (unpaired) electrons. The first-order valence-corrected chi connectivity index (χ1v) is 5.07. The van der Waals surface area contributed by atoms with Crippen LogP contribution in [0.25, 0.3) is 0 Å². The van der Waals surface area contributed by atoms with Gasteiger partial charge in [-0.25, -0.2) is 4.79 Å². The van der Waals surface area contributed by atoms with E-state index in [9.17, 15) is 4.79 Å². The lowest BCUT2D eigenvalue weighted by Crippen LogP contribution is -2.36. The molecule has 0 spiro atoms. The van der Waals surface area contributed by atoms with Crippen molar-refractivity contribution in [1.82, 2.24) is 0 Å². The molecule has 4 nitrogen and oxygen atoms in total. The Hall–Kier alpha value is -0.610. The van der Waals surface area contributed by atoms with Crippen molar-refractivity contribution in [3.8, 4) is 0 Å². The Balaban J connectivity index is 2.41. The average Bonchev–Trinajstić information content (AvgIpc) is 2.15. The van der Waals surface area contributed by atoms with Crippen LogP contribution < -0.4 is 0 Å². The van der Waals surface area contributed by atoms with E-state index in [4.69, 9.17) is 14.6 Å². The fraction of sp³-hybridized carbons (Fsp3) is 0.900. The number of hydrogen-bond acceptors (Lipinski definition) is 3. The van der Waals surface area contributed by atoms with E-state index in [1.165, 1.54) is 0 Å². The number of carboxylic acids is 1. The molecule has 14 heavy (non-hydrogen) atoms. The van der Waals surface area contributed by atoms with Gasteiger partial charge < -0.3 is 14.6 Å². The molecule has 1 N–H and O–H groups in total. The smallest absolute Gasteiger partial charge is 0.333 e. The van der Waals surface area contributed by atoms with E-state index < -0.39 is 12.1 Å². The first kappa shape index (κ1) is 11.5. The lowest BCUT2D eigenvalue weighted by atomic mass is 10.1. The van der Waals surface area contributed by atoms with Gasteiger partial charge in [0.2, 0.25) is 0 Å². The van der Waals surface area contributed by atoms with Gasteiger partial charge >= 0.3 is 5.97 Å². The Morgan fingerprint density at radius 2 is 2.00 bits per heavy atom. The van der Waals surface area contributed by atoms with Crippen LogP contribution in [0.4, 0.5) is 0 Å². The minimum absolute atomic E-state index is 0.00958. The van der Waals surface area contributed by atoms with Crippen molar-refractivity contribution in [2.45, 2.75) is 38.9 Å². The zero-order chi connectivity index (χ0) is 10.6. The standard InChI is InChI=1S/C10H18O4/c1-7(2)9(10(11)12)14-8-3-5-13-6-4-8/h7-9H,3-6H2,1-2H3,(H,11,12). The maximum Gasteiger partial charge on any atom is 0.333 e. The van der Waals surface area contributed by atoms with Gasteiger partial charge in [-0.1, -0.05) is 13.8 Å². The normalized spacial score (nSPS) is 21.1. The van der Waals surface area contributed by atoms with Crippen LogP contribution in [0.5, 0.6) is 0 Å².